The van der Waals surface area contributed by atoms with E-state index in [4.69, 9.17) is 9.47 Å². The van der Waals surface area contributed by atoms with Gasteiger partial charge in [-0.2, -0.15) is 0 Å². The Labute approximate surface area is 162 Å². The molecule has 6 heteroatoms. The van der Waals surface area contributed by atoms with Crippen molar-refractivity contribution in [2.45, 2.75) is 38.1 Å². The lowest BCUT2D eigenvalue weighted by molar-refractivity contribution is 0.0433. The Bertz CT molecular complexity index is 591. The molecule has 2 fully saturated rings. The van der Waals surface area contributed by atoms with E-state index in [2.05, 4.69) is 10.2 Å². The molecule has 2 saturated heterocycles. The molecule has 1 N–H and O–H groups in total. The first kappa shape index (κ1) is 20.0. The minimum atomic E-state index is -0.0508. The van der Waals surface area contributed by atoms with Gasteiger partial charge in [-0.3, -0.25) is 0 Å². The van der Waals surface area contributed by atoms with Crippen LogP contribution in [0.3, 0.4) is 0 Å². The van der Waals surface area contributed by atoms with Crippen LogP contribution < -0.4 is 10.1 Å². The molecule has 3 rings (SSSR count). The summed E-state index contributed by atoms with van der Waals surface area (Å²) >= 11 is 0. The predicted octanol–water partition coefficient (Wildman–Crippen LogP) is 3.44. The average Bonchev–Trinajstić information content (AvgIpc) is 2.71. The van der Waals surface area contributed by atoms with Gasteiger partial charge in [0.25, 0.3) is 0 Å². The molecule has 0 spiro atoms. The Hall–Kier alpha value is -1.79. The zero-order valence-corrected chi connectivity index (χ0v) is 16.7. The standard InChI is InChI=1S/C21H33N3O3/c1-26-15-14-24(21(25)22-18-8-10-19(27-2)11-9-18)16-17-6-5-13-23-12-4-3-7-20(17)23/h8-11,17,20H,3-7,12-16H2,1-2H3,(H,22,25)/t17-,20+/m0/s1. The van der Waals surface area contributed by atoms with Crippen LogP contribution >= 0.6 is 0 Å². The van der Waals surface area contributed by atoms with Crippen LogP contribution in [0.25, 0.3) is 0 Å². The molecule has 2 atom stereocenters. The number of nitrogens with one attached hydrogen (secondary N) is 1. The zero-order chi connectivity index (χ0) is 19.1. The number of carbonyl (C=O) groups excluding carboxylic acids is 1. The third kappa shape index (κ3) is 5.36. The molecule has 0 aliphatic carbocycles. The molecule has 1 aromatic rings. The Morgan fingerprint density at radius 3 is 2.67 bits per heavy atom. The highest BCUT2D eigenvalue weighted by Gasteiger charge is 2.34. The minimum Gasteiger partial charge on any atom is -0.497 e. The quantitative estimate of drug-likeness (QED) is 0.793. The summed E-state index contributed by atoms with van der Waals surface area (Å²) in [6.07, 6.45) is 6.34. The molecule has 0 radical (unpaired) electrons. The predicted molar refractivity (Wildman–Crippen MR) is 107 cm³/mol. The van der Waals surface area contributed by atoms with E-state index in [-0.39, 0.29) is 6.03 Å². The van der Waals surface area contributed by atoms with Crippen molar-refractivity contribution in [1.29, 1.82) is 0 Å². The summed E-state index contributed by atoms with van der Waals surface area (Å²) < 4.78 is 10.4. The molecule has 6 nitrogen and oxygen atoms in total. The van der Waals surface area contributed by atoms with Crippen molar-refractivity contribution >= 4 is 11.7 Å². The van der Waals surface area contributed by atoms with Crippen molar-refractivity contribution < 1.29 is 14.3 Å². The van der Waals surface area contributed by atoms with Crippen LogP contribution in [0, 0.1) is 5.92 Å². The van der Waals surface area contributed by atoms with Gasteiger partial charge in [-0.1, -0.05) is 6.42 Å². The summed E-state index contributed by atoms with van der Waals surface area (Å²) in [6, 6.07) is 8.03. The van der Waals surface area contributed by atoms with E-state index in [0.717, 1.165) is 18.0 Å². The molecule has 1 aromatic carbocycles. The molecule has 0 bridgehead atoms. The van der Waals surface area contributed by atoms with Gasteiger partial charge in [0.1, 0.15) is 5.75 Å². The molecule has 27 heavy (non-hydrogen) atoms. The monoisotopic (exact) mass is 375 g/mol. The lowest BCUT2D eigenvalue weighted by Crippen LogP contribution is -2.52. The van der Waals surface area contributed by atoms with E-state index in [1.807, 2.05) is 29.2 Å². The SMILES string of the molecule is COCCN(C[C@@H]1CCCN2CCCC[C@H]12)C(=O)Nc1ccc(OC)cc1. The fourth-order valence-corrected chi connectivity index (χ4v) is 4.43. The molecule has 150 valence electrons. The number of nitrogens with zero attached hydrogens (tertiary/aromatic N) is 2. The topological polar surface area (TPSA) is 54.0 Å². The summed E-state index contributed by atoms with van der Waals surface area (Å²) in [6.45, 7) is 4.40. The number of piperidine rings is 2. The first-order chi connectivity index (χ1) is 13.2. The van der Waals surface area contributed by atoms with Crippen LogP contribution in [0.1, 0.15) is 32.1 Å². The second-order valence-electron chi connectivity index (χ2n) is 7.60. The third-order valence-electron chi connectivity index (χ3n) is 5.88. The molecule has 2 heterocycles. The van der Waals surface area contributed by atoms with Crippen LogP contribution in [0.2, 0.25) is 0 Å². The number of hydrogen-bond acceptors (Lipinski definition) is 4. The van der Waals surface area contributed by atoms with Crippen LogP contribution in [-0.4, -0.2) is 68.9 Å². The zero-order valence-electron chi connectivity index (χ0n) is 16.7. The van der Waals surface area contributed by atoms with Crippen molar-refractivity contribution in [3.8, 4) is 5.75 Å². The number of methoxy groups -OCH3 is 2. The molecule has 2 amide bonds. The number of carbonyl (C=O) groups is 1. The van der Waals surface area contributed by atoms with Crippen LogP contribution in [0.15, 0.2) is 24.3 Å². The largest absolute Gasteiger partial charge is 0.497 e. The first-order valence-corrected chi connectivity index (χ1v) is 10.1. The summed E-state index contributed by atoms with van der Waals surface area (Å²) in [5.41, 5.74) is 0.783. The average molecular weight is 376 g/mol. The second-order valence-corrected chi connectivity index (χ2v) is 7.60. The molecular formula is C21H33N3O3. The Kier molecular flexibility index (Phi) is 7.35. The van der Waals surface area contributed by atoms with E-state index in [1.165, 1.54) is 45.2 Å². The van der Waals surface area contributed by atoms with Crippen molar-refractivity contribution in [1.82, 2.24) is 9.80 Å². The Balaban J connectivity index is 1.63. The third-order valence-corrected chi connectivity index (χ3v) is 5.88. The van der Waals surface area contributed by atoms with Crippen LogP contribution in [0.5, 0.6) is 5.75 Å². The van der Waals surface area contributed by atoms with Crippen molar-refractivity contribution in [3.63, 3.8) is 0 Å². The van der Waals surface area contributed by atoms with Gasteiger partial charge in [0.2, 0.25) is 0 Å². The summed E-state index contributed by atoms with van der Waals surface area (Å²) in [5, 5.41) is 3.03. The van der Waals surface area contributed by atoms with Gasteiger partial charge in [-0.15, -0.1) is 0 Å². The number of ether oxygens (including phenoxy) is 2. The van der Waals surface area contributed by atoms with Crippen LogP contribution in [0.4, 0.5) is 10.5 Å². The van der Waals surface area contributed by atoms with Gasteiger partial charge in [-0.05, 0) is 69.0 Å². The first-order valence-electron chi connectivity index (χ1n) is 10.1. The fraction of sp³-hybridized carbons (Fsp3) is 0.667. The number of anilines is 1. The normalized spacial score (nSPS) is 22.7. The maximum Gasteiger partial charge on any atom is 0.321 e. The molecule has 2 aliphatic heterocycles. The Morgan fingerprint density at radius 2 is 1.93 bits per heavy atom. The van der Waals surface area contributed by atoms with Gasteiger partial charge in [0.05, 0.1) is 13.7 Å². The minimum absolute atomic E-state index is 0.0508. The van der Waals surface area contributed by atoms with Gasteiger partial charge in [-0.25, -0.2) is 4.79 Å². The van der Waals surface area contributed by atoms with Gasteiger partial charge in [0, 0.05) is 31.9 Å². The van der Waals surface area contributed by atoms with Crippen LogP contribution in [-0.2, 0) is 4.74 Å². The van der Waals surface area contributed by atoms with Gasteiger partial charge in [0.15, 0.2) is 0 Å². The number of rotatable bonds is 7. The molecule has 0 aromatic heterocycles. The number of hydrogen-bond donors (Lipinski definition) is 1. The van der Waals surface area contributed by atoms with E-state index in [9.17, 15) is 4.79 Å². The number of urea groups is 1. The van der Waals surface area contributed by atoms with E-state index in [0.29, 0.717) is 25.1 Å². The summed E-state index contributed by atoms with van der Waals surface area (Å²) in [7, 11) is 3.32. The second kappa shape index (κ2) is 9.95. The molecule has 0 unspecified atom stereocenters. The van der Waals surface area contributed by atoms with Crippen molar-refractivity contribution in [2.75, 3.05) is 52.3 Å². The molecule has 2 aliphatic rings. The smallest absolute Gasteiger partial charge is 0.321 e. The number of benzene rings is 1. The number of amides is 2. The van der Waals surface area contributed by atoms with Gasteiger partial charge >= 0.3 is 6.03 Å². The van der Waals surface area contributed by atoms with Crippen molar-refractivity contribution in [2.24, 2.45) is 5.92 Å². The highest BCUT2D eigenvalue weighted by Crippen LogP contribution is 2.31. The van der Waals surface area contributed by atoms with E-state index in [1.54, 1.807) is 14.2 Å². The summed E-state index contributed by atoms with van der Waals surface area (Å²) in [4.78, 5) is 17.5. The molecule has 0 saturated carbocycles. The van der Waals surface area contributed by atoms with E-state index >= 15 is 0 Å². The maximum atomic E-state index is 12.9. The van der Waals surface area contributed by atoms with Crippen molar-refractivity contribution in [3.05, 3.63) is 24.3 Å². The number of fused-ring (bicyclic) bond motifs is 1. The molecular weight excluding hydrogens is 342 g/mol. The Morgan fingerprint density at radius 1 is 1.15 bits per heavy atom. The van der Waals surface area contributed by atoms with E-state index < -0.39 is 0 Å². The maximum absolute atomic E-state index is 12.9. The summed E-state index contributed by atoms with van der Waals surface area (Å²) in [5.74, 6) is 1.33. The lowest BCUT2D eigenvalue weighted by atomic mass is 9.83. The lowest BCUT2D eigenvalue weighted by Gasteiger charge is -2.45. The highest BCUT2D eigenvalue weighted by molar-refractivity contribution is 5.89. The highest BCUT2D eigenvalue weighted by atomic mass is 16.5. The van der Waals surface area contributed by atoms with Gasteiger partial charge < -0.3 is 24.6 Å². The fourth-order valence-electron chi connectivity index (χ4n) is 4.43.